The predicted molar refractivity (Wildman–Crippen MR) is 82.7 cm³/mol. The summed E-state index contributed by atoms with van der Waals surface area (Å²) in [5, 5.41) is 9.37. The van der Waals surface area contributed by atoms with E-state index in [4.69, 9.17) is 0 Å². The number of hydrogen-bond acceptors (Lipinski definition) is 3. The Morgan fingerprint density at radius 1 is 1.29 bits per heavy atom. The third-order valence-corrected chi connectivity index (χ3v) is 4.65. The van der Waals surface area contributed by atoms with Crippen molar-refractivity contribution in [2.75, 3.05) is 27.7 Å². The van der Waals surface area contributed by atoms with E-state index in [1.807, 2.05) is 30.3 Å². The molecule has 1 aliphatic carbocycles. The zero-order valence-corrected chi connectivity index (χ0v) is 13.0. The van der Waals surface area contributed by atoms with Gasteiger partial charge in [-0.25, -0.2) is 0 Å². The minimum atomic E-state index is -0.713. The topological polar surface area (TPSA) is 47.3 Å². The van der Waals surface area contributed by atoms with Gasteiger partial charge in [0.2, 0.25) is 5.91 Å². The first-order valence-corrected chi connectivity index (χ1v) is 7.37. The van der Waals surface area contributed by atoms with E-state index in [0.29, 0.717) is 6.54 Å². The quantitative estimate of drug-likeness (QED) is 0.833. The minimum Gasteiger partial charge on any atom is -0.342 e. The molecule has 4 nitrogen and oxygen atoms in total. The highest BCUT2D eigenvalue weighted by Gasteiger charge is 2.41. The number of rotatable bonds is 5. The van der Waals surface area contributed by atoms with Crippen molar-refractivity contribution in [1.29, 1.82) is 5.26 Å². The molecule has 1 aromatic rings. The Kier molecular flexibility index (Phi) is 4.64. The molecule has 4 heteroatoms. The average molecular weight is 285 g/mol. The molecule has 1 aromatic carbocycles. The number of benzene rings is 1. The molecular formula is C17H23N3O. The number of hydrogen-bond donors (Lipinski definition) is 0. The van der Waals surface area contributed by atoms with Crippen LogP contribution in [0.15, 0.2) is 30.3 Å². The molecule has 1 amide bonds. The Hall–Kier alpha value is -1.86. The van der Waals surface area contributed by atoms with E-state index in [0.717, 1.165) is 18.4 Å². The van der Waals surface area contributed by atoms with Crippen LogP contribution in [-0.2, 0) is 4.79 Å². The first kappa shape index (κ1) is 15.5. The van der Waals surface area contributed by atoms with Crippen LogP contribution < -0.4 is 0 Å². The van der Waals surface area contributed by atoms with Crippen LogP contribution in [0, 0.1) is 11.3 Å². The van der Waals surface area contributed by atoms with Gasteiger partial charge >= 0.3 is 0 Å². The van der Waals surface area contributed by atoms with Crippen LogP contribution in [0.2, 0.25) is 0 Å². The number of carbonyl (C=O) groups is 1. The van der Waals surface area contributed by atoms with E-state index in [9.17, 15) is 10.1 Å². The van der Waals surface area contributed by atoms with E-state index >= 15 is 0 Å². The van der Waals surface area contributed by atoms with Gasteiger partial charge in [0, 0.05) is 19.1 Å². The van der Waals surface area contributed by atoms with Gasteiger partial charge < -0.3 is 9.80 Å². The number of likely N-dealkylation sites (N-methyl/N-ethyl adjacent to an activating group) is 2. The fourth-order valence-electron chi connectivity index (χ4n) is 2.99. The molecule has 0 bridgehead atoms. The lowest BCUT2D eigenvalue weighted by Crippen LogP contribution is -2.57. The summed E-state index contributed by atoms with van der Waals surface area (Å²) in [6.45, 7) is 0.684. The summed E-state index contributed by atoms with van der Waals surface area (Å²) in [5.41, 5.74) is 0.852. The lowest BCUT2D eigenvalue weighted by molar-refractivity contribution is -0.133. The Balaban J connectivity index is 2.10. The van der Waals surface area contributed by atoms with Crippen LogP contribution in [0.25, 0.3) is 0 Å². The van der Waals surface area contributed by atoms with Crippen LogP contribution in [0.3, 0.4) is 0 Å². The Bertz CT molecular complexity index is 529. The highest BCUT2D eigenvalue weighted by molar-refractivity contribution is 5.86. The number of amides is 1. The molecule has 0 aromatic heterocycles. The van der Waals surface area contributed by atoms with Crippen LogP contribution >= 0.6 is 0 Å². The standard InChI is InChI=1S/C17H23N3O/c1-19(2)17(10-7-11-17)13-20(3)16(21)15(12-18)14-8-5-4-6-9-14/h4-6,8-9,15H,7,10-11,13H2,1-3H3. The van der Waals surface area contributed by atoms with Gasteiger partial charge in [0.1, 0.15) is 5.92 Å². The second-order valence-electron chi connectivity index (χ2n) is 6.14. The van der Waals surface area contributed by atoms with Gasteiger partial charge in [0.05, 0.1) is 6.07 Å². The van der Waals surface area contributed by atoms with Crippen LogP contribution in [0.4, 0.5) is 0 Å². The molecule has 0 aliphatic heterocycles. The second kappa shape index (κ2) is 6.28. The summed E-state index contributed by atoms with van der Waals surface area (Å²) in [6, 6.07) is 11.4. The summed E-state index contributed by atoms with van der Waals surface area (Å²) in [7, 11) is 5.94. The van der Waals surface area contributed by atoms with E-state index in [2.05, 4.69) is 25.1 Å². The molecule has 112 valence electrons. The van der Waals surface area contributed by atoms with Crippen molar-refractivity contribution in [1.82, 2.24) is 9.80 Å². The Morgan fingerprint density at radius 3 is 2.33 bits per heavy atom. The molecule has 0 heterocycles. The monoisotopic (exact) mass is 285 g/mol. The first-order chi connectivity index (χ1) is 10.00. The zero-order chi connectivity index (χ0) is 15.5. The van der Waals surface area contributed by atoms with Gasteiger partial charge in [-0.1, -0.05) is 30.3 Å². The molecule has 1 fully saturated rings. The Labute approximate surface area is 127 Å². The molecule has 1 aliphatic rings. The third kappa shape index (κ3) is 3.08. The summed E-state index contributed by atoms with van der Waals surface area (Å²) in [4.78, 5) is 16.5. The van der Waals surface area contributed by atoms with Gasteiger partial charge in [0.15, 0.2) is 0 Å². The lowest BCUT2D eigenvalue weighted by atomic mass is 9.75. The van der Waals surface area contributed by atoms with Crippen molar-refractivity contribution in [3.8, 4) is 6.07 Å². The maximum Gasteiger partial charge on any atom is 0.244 e. The number of nitriles is 1. The average Bonchev–Trinajstić information content (AvgIpc) is 2.44. The normalized spacial score (nSPS) is 17.7. The predicted octanol–water partition coefficient (Wildman–Crippen LogP) is 2.24. The van der Waals surface area contributed by atoms with Crippen molar-refractivity contribution < 1.29 is 4.79 Å². The molecule has 2 rings (SSSR count). The van der Waals surface area contributed by atoms with E-state index < -0.39 is 5.92 Å². The molecule has 1 unspecified atom stereocenters. The fraction of sp³-hybridized carbons (Fsp3) is 0.529. The number of carbonyl (C=O) groups excluding carboxylic acids is 1. The maximum absolute atomic E-state index is 12.6. The highest BCUT2D eigenvalue weighted by Crippen LogP contribution is 2.37. The van der Waals surface area contributed by atoms with Gasteiger partial charge in [-0.3, -0.25) is 4.79 Å². The molecule has 0 spiro atoms. The highest BCUT2D eigenvalue weighted by atomic mass is 16.2. The van der Waals surface area contributed by atoms with Gasteiger partial charge in [-0.2, -0.15) is 5.26 Å². The van der Waals surface area contributed by atoms with Crippen LogP contribution in [-0.4, -0.2) is 48.9 Å². The number of nitrogens with zero attached hydrogens (tertiary/aromatic N) is 3. The summed E-state index contributed by atoms with van der Waals surface area (Å²) >= 11 is 0. The van der Waals surface area contributed by atoms with Gasteiger partial charge in [-0.05, 0) is 38.9 Å². The first-order valence-electron chi connectivity index (χ1n) is 7.37. The summed E-state index contributed by atoms with van der Waals surface area (Å²) in [6.07, 6.45) is 3.43. The van der Waals surface area contributed by atoms with Crippen molar-refractivity contribution in [3.05, 3.63) is 35.9 Å². The van der Waals surface area contributed by atoms with E-state index in [-0.39, 0.29) is 11.4 Å². The van der Waals surface area contributed by atoms with Crippen LogP contribution in [0.1, 0.15) is 30.7 Å². The molecule has 0 saturated heterocycles. The molecule has 1 saturated carbocycles. The molecule has 1 atom stereocenters. The van der Waals surface area contributed by atoms with Crippen LogP contribution in [0.5, 0.6) is 0 Å². The Morgan fingerprint density at radius 2 is 1.90 bits per heavy atom. The molecule has 0 N–H and O–H groups in total. The zero-order valence-electron chi connectivity index (χ0n) is 13.0. The van der Waals surface area contributed by atoms with Gasteiger partial charge in [-0.15, -0.1) is 0 Å². The van der Waals surface area contributed by atoms with E-state index in [1.165, 1.54) is 6.42 Å². The second-order valence-corrected chi connectivity index (χ2v) is 6.14. The SMILES string of the molecule is CN(CC1(N(C)C)CCC1)C(=O)C(C#N)c1ccccc1. The van der Waals surface area contributed by atoms with Gasteiger partial charge in [0.25, 0.3) is 0 Å². The van der Waals surface area contributed by atoms with Crippen molar-refractivity contribution >= 4 is 5.91 Å². The molecule has 0 radical (unpaired) electrons. The van der Waals surface area contributed by atoms with Crippen molar-refractivity contribution in [2.45, 2.75) is 30.7 Å². The van der Waals surface area contributed by atoms with Crippen molar-refractivity contribution in [2.24, 2.45) is 0 Å². The fourth-order valence-corrected chi connectivity index (χ4v) is 2.99. The maximum atomic E-state index is 12.6. The lowest BCUT2D eigenvalue weighted by Gasteiger charge is -2.49. The molecule has 21 heavy (non-hydrogen) atoms. The van der Waals surface area contributed by atoms with Crippen molar-refractivity contribution in [3.63, 3.8) is 0 Å². The smallest absolute Gasteiger partial charge is 0.244 e. The minimum absolute atomic E-state index is 0.0844. The third-order valence-electron chi connectivity index (χ3n) is 4.65. The summed E-state index contributed by atoms with van der Waals surface area (Å²) in [5.74, 6) is -0.827. The molecular weight excluding hydrogens is 262 g/mol. The van der Waals surface area contributed by atoms with E-state index in [1.54, 1.807) is 11.9 Å². The summed E-state index contributed by atoms with van der Waals surface area (Å²) < 4.78 is 0. The largest absolute Gasteiger partial charge is 0.342 e.